The molecule has 0 spiro atoms. The molecule has 0 aromatic carbocycles. The van der Waals surface area contributed by atoms with Crippen LogP contribution in [-0.4, -0.2) is 31.8 Å². The van der Waals surface area contributed by atoms with Crippen molar-refractivity contribution in [3.05, 3.63) is 62.1 Å². The van der Waals surface area contributed by atoms with Crippen LogP contribution < -0.4 is 16.6 Å². The average molecular weight is 374 g/mol. The molecule has 0 aliphatic carbocycles. The van der Waals surface area contributed by atoms with Crippen molar-refractivity contribution in [1.29, 1.82) is 0 Å². The molecular formula is C18H20ClN5O2. The van der Waals surface area contributed by atoms with Crippen LogP contribution in [0.25, 0.3) is 11.2 Å². The highest BCUT2D eigenvalue weighted by atomic mass is 35.5. The van der Waals surface area contributed by atoms with Gasteiger partial charge in [-0.2, -0.15) is 5.10 Å². The molecule has 4 rings (SSSR count). The van der Waals surface area contributed by atoms with Crippen LogP contribution in [0.1, 0.15) is 25.3 Å². The van der Waals surface area contributed by atoms with Gasteiger partial charge < -0.3 is 5.32 Å². The van der Waals surface area contributed by atoms with E-state index in [0.29, 0.717) is 17.6 Å². The lowest BCUT2D eigenvalue weighted by Gasteiger charge is -2.28. The number of pyridine rings is 1. The summed E-state index contributed by atoms with van der Waals surface area (Å²) in [4.78, 5) is 25.9. The lowest BCUT2D eigenvalue weighted by molar-refractivity contribution is 0.314. The lowest BCUT2D eigenvalue weighted by Crippen LogP contribution is -2.36. The first-order valence-electron chi connectivity index (χ1n) is 8.73. The smallest absolute Gasteiger partial charge is 0.314 e. The number of fused-ring (bicyclic) bond motifs is 1. The van der Waals surface area contributed by atoms with E-state index in [0.717, 1.165) is 31.3 Å². The van der Waals surface area contributed by atoms with Crippen molar-refractivity contribution in [3.8, 4) is 5.69 Å². The van der Waals surface area contributed by atoms with Crippen molar-refractivity contribution in [1.82, 2.24) is 24.5 Å². The number of nitrogens with one attached hydrogen (secondary N) is 2. The molecule has 2 N–H and O–H groups in total. The summed E-state index contributed by atoms with van der Waals surface area (Å²) in [7, 11) is 0. The fourth-order valence-corrected chi connectivity index (χ4v) is 3.85. The van der Waals surface area contributed by atoms with Gasteiger partial charge in [-0.1, -0.05) is 11.6 Å². The van der Waals surface area contributed by atoms with Crippen molar-refractivity contribution in [2.24, 2.45) is 5.92 Å². The Bertz CT molecular complexity index is 1070. The Hall–Kier alpha value is -2.38. The van der Waals surface area contributed by atoms with E-state index in [1.54, 1.807) is 10.7 Å². The molecule has 26 heavy (non-hydrogen) atoms. The third-order valence-corrected chi connectivity index (χ3v) is 5.25. The second-order valence-electron chi connectivity index (χ2n) is 6.95. The fraction of sp³-hybridized carbons (Fsp3) is 0.389. The summed E-state index contributed by atoms with van der Waals surface area (Å²) in [6.45, 7) is 3.27. The number of aromatic nitrogens is 4. The zero-order chi connectivity index (χ0) is 18.3. The molecule has 3 aromatic heterocycles. The molecule has 3 aromatic rings. The van der Waals surface area contributed by atoms with Crippen molar-refractivity contribution < 1.29 is 0 Å². The van der Waals surface area contributed by atoms with E-state index in [9.17, 15) is 9.59 Å². The van der Waals surface area contributed by atoms with Gasteiger partial charge in [0.05, 0.1) is 17.4 Å². The Kier molecular flexibility index (Phi) is 4.42. The average Bonchev–Trinajstić information content (AvgIpc) is 3.01. The number of hydrogen-bond donors (Lipinski definition) is 2. The zero-order valence-electron chi connectivity index (χ0n) is 14.4. The molecule has 0 amide bonds. The van der Waals surface area contributed by atoms with Crippen molar-refractivity contribution in [2.45, 2.75) is 32.2 Å². The van der Waals surface area contributed by atoms with Gasteiger partial charge in [0.25, 0.3) is 5.56 Å². The first-order valence-corrected chi connectivity index (χ1v) is 9.10. The lowest BCUT2D eigenvalue weighted by atomic mass is 9.88. The molecule has 1 saturated heterocycles. The van der Waals surface area contributed by atoms with Gasteiger partial charge in [-0.3, -0.25) is 14.3 Å². The standard InChI is InChI=1S/C18H20ClN5O2/c1-11-6-12(2-4-20-11)7-13-3-5-24-15(8-13)16(9-21-24)23-10-14(19)17(25)22-18(23)26/h3,5,8-12,20H,2,4,6-7H2,1H3,(H,22,25,26)/t11-,12+/m0/s1. The third kappa shape index (κ3) is 3.20. The maximum absolute atomic E-state index is 12.2. The van der Waals surface area contributed by atoms with E-state index in [-0.39, 0.29) is 5.02 Å². The van der Waals surface area contributed by atoms with Crippen LogP contribution in [-0.2, 0) is 6.42 Å². The highest BCUT2D eigenvalue weighted by Crippen LogP contribution is 2.23. The van der Waals surface area contributed by atoms with Crippen LogP contribution in [0.15, 0.2) is 40.3 Å². The maximum atomic E-state index is 12.2. The van der Waals surface area contributed by atoms with Crippen LogP contribution in [0.2, 0.25) is 5.02 Å². The van der Waals surface area contributed by atoms with Crippen molar-refractivity contribution in [3.63, 3.8) is 0 Å². The summed E-state index contributed by atoms with van der Waals surface area (Å²) in [5, 5.41) is 7.74. The van der Waals surface area contributed by atoms with E-state index in [4.69, 9.17) is 11.6 Å². The maximum Gasteiger partial charge on any atom is 0.333 e. The van der Waals surface area contributed by atoms with Crippen molar-refractivity contribution >= 4 is 17.1 Å². The molecule has 8 heteroatoms. The number of halogens is 1. The van der Waals surface area contributed by atoms with Crippen molar-refractivity contribution in [2.75, 3.05) is 6.54 Å². The minimum atomic E-state index is -0.592. The summed E-state index contributed by atoms with van der Waals surface area (Å²) in [5.74, 6) is 0.644. The SMILES string of the molecule is C[C@H]1C[C@H](Cc2ccn3ncc(-n4cc(Cl)c(=O)[nH]c4=O)c3c2)CCN1. The van der Waals surface area contributed by atoms with E-state index in [1.807, 2.05) is 6.20 Å². The molecule has 0 bridgehead atoms. The molecule has 7 nitrogen and oxygen atoms in total. The summed E-state index contributed by atoms with van der Waals surface area (Å²) in [6, 6.07) is 4.67. The highest BCUT2D eigenvalue weighted by molar-refractivity contribution is 6.30. The number of rotatable bonds is 3. The normalized spacial score (nSPS) is 20.5. The van der Waals surface area contributed by atoms with Gasteiger partial charge in [0, 0.05) is 18.4 Å². The second-order valence-corrected chi connectivity index (χ2v) is 7.36. The second kappa shape index (κ2) is 6.74. The largest absolute Gasteiger partial charge is 0.333 e. The summed E-state index contributed by atoms with van der Waals surface area (Å²) in [6.07, 6.45) is 8.15. The number of H-pyrrole nitrogens is 1. The Morgan fingerprint density at radius 3 is 3.04 bits per heavy atom. The van der Waals surface area contributed by atoms with Gasteiger partial charge in [0.1, 0.15) is 5.02 Å². The number of hydrogen-bond acceptors (Lipinski definition) is 4. The zero-order valence-corrected chi connectivity index (χ0v) is 15.2. The molecule has 0 unspecified atom stereocenters. The van der Waals surface area contributed by atoms with Crippen LogP contribution in [0, 0.1) is 5.92 Å². The van der Waals surface area contributed by atoms with Gasteiger partial charge in [-0.25, -0.2) is 9.31 Å². The first-order chi connectivity index (χ1) is 12.5. The molecule has 1 fully saturated rings. The minimum absolute atomic E-state index is 0.0382. The van der Waals surface area contributed by atoms with E-state index in [1.165, 1.54) is 16.3 Å². The molecular weight excluding hydrogens is 354 g/mol. The first kappa shape index (κ1) is 17.1. The Morgan fingerprint density at radius 2 is 2.23 bits per heavy atom. The van der Waals surface area contributed by atoms with Crippen LogP contribution >= 0.6 is 11.6 Å². The minimum Gasteiger partial charge on any atom is -0.314 e. The number of aromatic amines is 1. The highest BCUT2D eigenvalue weighted by Gasteiger charge is 2.19. The Labute approximate surface area is 154 Å². The summed E-state index contributed by atoms with van der Waals surface area (Å²) < 4.78 is 3.04. The number of nitrogens with zero attached hydrogens (tertiary/aromatic N) is 3. The Morgan fingerprint density at radius 1 is 1.38 bits per heavy atom. The summed E-state index contributed by atoms with van der Waals surface area (Å²) >= 11 is 5.89. The number of piperidine rings is 1. The van der Waals surface area contributed by atoms with E-state index < -0.39 is 11.2 Å². The van der Waals surface area contributed by atoms with Gasteiger partial charge >= 0.3 is 5.69 Å². The van der Waals surface area contributed by atoms with E-state index in [2.05, 4.69) is 34.5 Å². The molecule has 0 saturated carbocycles. The van der Waals surface area contributed by atoms with Gasteiger partial charge in [-0.05, 0) is 56.3 Å². The van der Waals surface area contributed by atoms with Gasteiger partial charge in [0.15, 0.2) is 0 Å². The predicted octanol–water partition coefficient (Wildman–Crippen LogP) is 1.76. The summed E-state index contributed by atoms with van der Waals surface area (Å²) in [5.41, 5.74) is 1.47. The fourth-order valence-electron chi connectivity index (χ4n) is 3.70. The monoisotopic (exact) mass is 373 g/mol. The van der Waals surface area contributed by atoms with Crippen LogP contribution in [0.4, 0.5) is 0 Å². The molecule has 1 aliphatic heterocycles. The third-order valence-electron chi connectivity index (χ3n) is 4.98. The quantitative estimate of drug-likeness (QED) is 0.732. The van der Waals surface area contributed by atoms with Crippen LogP contribution in [0.5, 0.6) is 0 Å². The topological polar surface area (TPSA) is 84.2 Å². The Balaban J connectivity index is 1.72. The molecule has 136 valence electrons. The van der Waals surface area contributed by atoms with E-state index >= 15 is 0 Å². The predicted molar refractivity (Wildman–Crippen MR) is 100 cm³/mol. The molecule has 0 radical (unpaired) electrons. The van der Waals surface area contributed by atoms with Gasteiger partial charge in [-0.15, -0.1) is 0 Å². The molecule has 4 heterocycles. The molecule has 2 atom stereocenters. The molecule has 1 aliphatic rings. The van der Waals surface area contributed by atoms with Gasteiger partial charge in [0.2, 0.25) is 0 Å². The van der Waals surface area contributed by atoms with Crippen LogP contribution in [0.3, 0.4) is 0 Å².